The second-order valence-corrected chi connectivity index (χ2v) is 5.92. The van der Waals surface area contributed by atoms with Crippen LogP contribution in [0.2, 0.25) is 0 Å². The molecule has 1 heterocycles. The van der Waals surface area contributed by atoms with Gasteiger partial charge in [0, 0.05) is 10.5 Å². The van der Waals surface area contributed by atoms with Gasteiger partial charge in [0.25, 0.3) is 5.91 Å². The molecule has 1 atom stereocenters. The maximum absolute atomic E-state index is 12.2. The zero-order valence-electron chi connectivity index (χ0n) is 12.2. The molecule has 1 amide bonds. The molecule has 0 saturated carbocycles. The van der Waals surface area contributed by atoms with Crippen LogP contribution in [-0.2, 0) is 4.79 Å². The highest BCUT2D eigenvalue weighted by atomic mass is 79.9. The molecule has 0 aliphatic carbocycles. The molecule has 1 aromatic heterocycles. The number of carbonyl (C=O) groups is 2. The van der Waals surface area contributed by atoms with Crippen molar-refractivity contribution in [2.75, 3.05) is 0 Å². The van der Waals surface area contributed by atoms with Gasteiger partial charge in [-0.05, 0) is 32.0 Å². The lowest BCUT2D eigenvalue weighted by atomic mass is 10.2. The number of aromatic nitrogens is 2. The molecule has 6 nitrogen and oxygen atoms in total. The number of nitrogens with one attached hydrogen (secondary N) is 1. The van der Waals surface area contributed by atoms with Gasteiger partial charge in [0.15, 0.2) is 0 Å². The second-order valence-electron chi connectivity index (χ2n) is 5.01. The summed E-state index contributed by atoms with van der Waals surface area (Å²) in [6.07, 6.45) is 1.36. The fourth-order valence-electron chi connectivity index (χ4n) is 2.12. The topological polar surface area (TPSA) is 84.2 Å². The molecule has 0 aliphatic heterocycles. The maximum Gasteiger partial charge on any atom is 0.305 e. The molecule has 1 aromatic carbocycles. The first kappa shape index (κ1) is 16.2. The van der Waals surface area contributed by atoms with Crippen LogP contribution in [0.3, 0.4) is 0 Å². The van der Waals surface area contributed by atoms with Crippen molar-refractivity contribution in [3.63, 3.8) is 0 Å². The molecular formula is C15H16BrN3O3. The molecule has 0 radical (unpaired) electrons. The zero-order valence-corrected chi connectivity index (χ0v) is 13.8. The molecule has 116 valence electrons. The van der Waals surface area contributed by atoms with Crippen molar-refractivity contribution in [3.8, 4) is 5.69 Å². The average molecular weight is 366 g/mol. The first-order valence-electron chi connectivity index (χ1n) is 6.71. The van der Waals surface area contributed by atoms with Crippen molar-refractivity contribution in [3.05, 3.63) is 46.2 Å². The summed E-state index contributed by atoms with van der Waals surface area (Å²) in [6.45, 7) is 3.45. The monoisotopic (exact) mass is 365 g/mol. The Hall–Kier alpha value is -2.15. The standard InChI is InChI=1S/C15H16BrN3O3/c1-9(6-14(20)21)18-15(22)13-8-17-19(10(13)2)12-5-3-4-11(16)7-12/h3-5,7-9H,6H2,1-2H3,(H,18,22)(H,20,21). The highest BCUT2D eigenvalue weighted by molar-refractivity contribution is 9.10. The molecule has 0 fully saturated rings. The summed E-state index contributed by atoms with van der Waals surface area (Å²) in [5.74, 6) is -1.28. The molecule has 7 heteroatoms. The Morgan fingerprint density at radius 3 is 2.82 bits per heavy atom. The average Bonchev–Trinajstić information content (AvgIpc) is 2.79. The van der Waals surface area contributed by atoms with E-state index < -0.39 is 12.0 Å². The lowest BCUT2D eigenvalue weighted by Gasteiger charge is -2.11. The Balaban J connectivity index is 2.20. The van der Waals surface area contributed by atoms with Gasteiger partial charge >= 0.3 is 5.97 Å². The summed E-state index contributed by atoms with van der Waals surface area (Å²) in [7, 11) is 0. The summed E-state index contributed by atoms with van der Waals surface area (Å²) in [5.41, 5.74) is 1.96. The maximum atomic E-state index is 12.2. The van der Waals surface area contributed by atoms with E-state index in [1.165, 1.54) is 6.20 Å². The van der Waals surface area contributed by atoms with Gasteiger partial charge in [-0.2, -0.15) is 5.10 Å². The highest BCUT2D eigenvalue weighted by Crippen LogP contribution is 2.18. The van der Waals surface area contributed by atoms with Crippen molar-refractivity contribution in [1.29, 1.82) is 0 Å². The molecule has 2 N–H and O–H groups in total. The summed E-state index contributed by atoms with van der Waals surface area (Å²) in [5, 5.41) is 15.6. The van der Waals surface area contributed by atoms with Crippen LogP contribution in [-0.4, -0.2) is 32.8 Å². The quantitative estimate of drug-likeness (QED) is 0.852. The predicted octanol–water partition coefficient (Wildman–Crippen LogP) is 2.54. The molecular weight excluding hydrogens is 350 g/mol. The van der Waals surface area contributed by atoms with E-state index in [-0.39, 0.29) is 12.3 Å². The van der Waals surface area contributed by atoms with Crippen molar-refractivity contribution in [2.45, 2.75) is 26.3 Å². The number of aliphatic carboxylic acids is 1. The van der Waals surface area contributed by atoms with Crippen molar-refractivity contribution in [1.82, 2.24) is 15.1 Å². The van der Waals surface area contributed by atoms with Crippen LogP contribution >= 0.6 is 15.9 Å². The van der Waals surface area contributed by atoms with Gasteiger partial charge in [0.05, 0.1) is 29.6 Å². The molecule has 0 bridgehead atoms. The number of hydrogen-bond donors (Lipinski definition) is 2. The Morgan fingerprint density at radius 1 is 1.45 bits per heavy atom. The number of benzene rings is 1. The fraction of sp³-hybridized carbons (Fsp3) is 0.267. The van der Waals surface area contributed by atoms with E-state index in [2.05, 4.69) is 26.3 Å². The van der Waals surface area contributed by atoms with Crippen molar-refractivity contribution < 1.29 is 14.7 Å². The van der Waals surface area contributed by atoms with Crippen LogP contribution in [0.4, 0.5) is 0 Å². The number of amides is 1. The Kier molecular flexibility index (Phi) is 4.97. The fourth-order valence-corrected chi connectivity index (χ4v) is 2.50. The van der Waals surface area contributed by atoms with Crippen molar-refractivity contribution >= 4 is 27.8 Å². The number of carbonyl (C=O) groups excluding carboxylic acids is 1. The van der Waals surface area contributed by atoms with Gasteiger partial charge in [-0.15, -0.1) is 0 Å². The molecule has 0 saturated heterocycles. The van der Waals surface area contributed by atoms with Crippen molar-refractivity contribution in [2.24, 2.45) is 0 Å². The first-order valence-corrected chi connectivity index (χ1v) is 7.51. The lowest BCUT2D eigenvalue weighted by molar-refractivity contribution is -0.137. The molecule has 2 rings (SSSR count). The second kappa shape index (κ2) is 6.74. The lowest BCUT2D eigenvalue weighted by Crippen LogP contribution is -2.34. The minimum absolute atomic E-state index is 0.120. The number of carboxylic acid groups (broad SMARTS) is 1. The third-order valence-electron chi connectivity index (χ3n) is 3.17. The molecule has 22 heavy (non-hydrogen) atoms. The molecule has 0 aliphatic rings. The van der Waals surface area contributed by atoms with Crippen LogP contribution < -0.4 is 5.32 Å². The minimum atomic E-state index is -0.950. The largest absolute Gasteiger partial charge is 0.481 e. The van der Waals surface area contributed by atoms with Gasteiger partial charge in [0.2, 0.25) is 0 Å². The van der Waals surface area contributed by atoms with E-state index >= 15 is 0 Å². The number of halogens is 1. The van der Waals surface area contributed by atoms with E-state index in [1.807, 2.05) is 24.3 Å². The smallest absolute Gasteiger partial charge is 0.305 e. The number of carboxylic acids is 1. The molecule has 1 unspecified atom stereocenters. The molecule has 0 spiro atoms. The normalized spacial score (nSPS) is 12.0. The Bertz CT molecular complexity index is 712. The Morgan fingerprint density at radius 2 is 2.18 bits per heavy atom. The zero-order chi connectivity index (χ0) is 16.3. The van der Waals surface area contributed by atoms with Gasteiger partial charge in [-0.25, -0.2) is 4.68 Å². The van der Waals surface area contributed by atoms with Crippen LogP contribution in [0.25, 0.3) is 5.69 Å². The summed E-state index contributed by atoms with van der Waals surface area (Å²) < 4.78 is 2.59. The van der Waals surface area contributed by atoms with E-state index in [0.29, 0.717) is 11.3 Å². The predicted molar refractivity (Wildman–Crippen MR) is 85.2 cm³/mol. The first-order chi connectivity index (χ1) is 10.4. The van der Waals surface area contributed by atoms with E-state index in [9.17, 15) is 9.59 Å². The number of rotatable bonds is 5. The summed E-state index contributed by atoms with van der Waals surface area (Å²) >= 11 is 3.40. The minimum Gasteiger partial charge on any atom is -0.481 e. The molecule has 2 aromatic rings. The Labute approximate surface area is 136 Å². The van der Waals surface area contributed by atoms with Gasteiger partial charge in [-0.1, -0.05) is 22.0 Å². The summed E-state index contributed by atoms with van der Waals surface area (Å²) in [6, 6.07) is 7.13. The van der Waals surface area contributed by atoms with Gasteiger partial charge in [0.1, 0.15) is 0 Å². The van der Waals surface area contributed by atoms with Gasteiger partial charge < -0.3 is 10.4 Å². The third kappa shape index (κ3) is 3.73. The van der Waals surface area contributed by atoms with Crippen LogP contribution in [0.5, 0.6) is 0 Å². The highest BCUT2D eigenvalue weighted by Gasteiger charge is 2.18. The van der Waals surface area contributed by atoms with Crippen LogP contribution in [0.1, 0.15) is 29.4 Å². The van der Waals surface area contributed by atoms with E-state index in [4.69, 9.17) is 5.11 Å². The number of hydrogen-bond acceptors (Lipinski definition) is 3. The van der Waals surface area contributed by atoms with Crippen LogP contribution in [0, 0.1) is 6.92 Å². The SMILES string of the molecule is Cc1c(C(=O)NC(C)CC(=O)O)cnn1-c1cccc(Br)c1. The summed E-state index contributed by atoms with van der Waals surface area (Å²) in [4.78, 5) is 22.8. The number of nitrogens with zero attached hydrogens (tertiary/aromatic N) is 2. The van der Waals surface area contributed by atoms with Gasteiger partial charge in [-0.3, -0.25) is 9.59 Å². The van der Waals surface area contributed by atoms with Crippen LogP contribution in [0.15, 0.2) is 34.9 Å². The van der Waals surface area contributed by atoms with E-state index in [1.54, 1.807) is 18.5 Å². The third-order valence-corrected chi connectivity index (χ3v) is 3.66. The van der Waals surface area contributed by atoms with E-state index in [0.717, 1.165) is 10.2 Å².